The van der Waals surface area contributed by atoms with E-state index in [1.165, 1.54) is 7.11 Å². The Balaban J connectivity index is 3.39. The molecular formula is C8H8NO5+. The number of aldehydes is 1. The minimum Gasteiger partial charge on any atom is -0.504 e. The van der Waals surface area contributed by atoms with E-state index in [0.29, 0.717) is 6.29 Å². The Morgan fingerprint density at radius 2 is 2.14 bits per heavy atom. The summed E-state index contributed by atoms with van der Waals surface area (Å²) in [5, 5.41) is 17.9. The van der Waals surface area contributed by atoms with Gasteiger partial charge in [0.2, 0.25) is 0 Å². The smallest absolute Gasteiger partial charge is 0.321 e. The number of carbonyl (C=O) groups excluding carboxylic acids is 1. The van der Waals surface area contributed by atoms with Crippen LogP contribution in [-0.4, -0.2) is 28.6 Å². The van der Waals surface area contributed by atoms with E-state index in [-0.39, 0.29) is 22.7 Å². The molecule has 0 atom stereocenters. The van der Waals surface area contributed by atoms with Crippen molar-refractivity contribution in [2.45, 2.75) is 0 Å². The van der Waals surface area contributed by atoms with Gasteiger partial charge in [-0.25, -0.2) is 5.21 Å². The molecular weight excluding hydrogens is 190 g/mol. The highest BCUT2D eigenvalue weighted by atomic mass is 16.6. The van der Waals surface area contributed by atoms with E-state index in [4.69, 9.17) is 9.94 Å². The number of ether oxygens (including phenoxy) is 1. The van der Waals surface area contributed by atoms with Crippen molar-refractivity contribution >= 4 is 12.0 Å². The van der Waals surface area contributed by atoms with Gasteiger partial charge in [0, 0.05) is 6.07 Å². The summed E-state index contributed by atoms with van der Waals surface area (Å²) in [6.45, 7) is 0. The fourth-order valence-corrected chi connectivity index (χ4v) is 0.970. The molecule has 0 aliphatic heterocycles. The number of methoxy groups -OCH3 is 1. The third-order valence-corrected chi connectivity index (χ3v) is 1.66. The van der Waals surface area contributed by atoms with Crippen molar-refractivity contribution in [2.75, 3.05) is 7.11 Å². The first-order valence-electron chi connectivity index (χ1n) is 3.62. The van der Waals surface area contributed by atoms with Crippen LogP contribution in [0.2, 0.25) is 0 Å². The van der Waals surface area contributed by atoms with Gasteiger partial charge in [-0.05, 0) is 0 Å². The van der Waals surface area contributed by atoms with Gasteiger partial charge >= 0.3 is 5.69 Å². The second-order valence-corrected chi connectivity index (χ2v) is 2.48. The van der Waals surface area contributed by atoms with Crippen LogP contribution >= 0.6 is 0 Å². The Bertz CT molecular complexity index is 388. The maximum atomic E-state index is 10.5. The molecule has 0 fully saturated rings. The SMILES string of the molecule is COc1cc([N+](=O)O)cc(C=O)c1O. The third-order valence-electron chi connectivity index (χ3n) is 1.66. The lowest BCUT2D eigenvalue weighted by molar-refractivity contribution is -0.729. The predicted octanol–water partition coefficient (Wildman–Crippen LogP) is 1.01. The minimum atomic E-state index is -0.422. The average molecular weight is 198 g/mol. The lowest BCUT2D eigenvalue weighted by Gasteiger charge is -2.03. The summed E-state index contributed by atoms with van der Waals surface area (Å²) in [6, 6.07) is 2.15. The summed E-state index contributed by atoms with van der Waals surface area (Å²) in [5.41, 5.74) is -0.323. The van der Waals surface area contributed by atoms with Crippen molar-refractivity contribution in [3.63, 3.8) is 0 Å². The lowest BCUT2D eigenvalue weighted by Crippen LogP contribution is -1.96. The van der Waals surface area contributed by atoms with Crippen LogP contribution in [0, 0.1) is 4.91 Å². The molecule has 2 N–H and O–H groups in total. The van der Waals surface area contributed by atoms with Crippen LogP contribution in [0.3, 0.4) is 0 Å². The van der Waals surface area contributed by atoms with E-state index < -0.39 is 4.92 Å². The number of nitrogens with zero attached hydrogens (tertiary/aromatic N) is 1. The molecule has 0 aliphatic carbocycles. The lowest BCUT2D eigenvalue weighted by atomic mass is 10.2. The van der Waals surface area contributed by atoms with E-state index in [0.717, 1.165) is 12.1 Å². The largest absolute Gasteiger partial charge is 0.504 e. The molecule has 6 nitrogen and oxygen atoms in total. The molecule has 74 valence electrons. The summed E-state index contributed by atoms with van der Waals surface area (Å²) in [6.07, 6.45) is 0.352. The fourth-order valence-electron chi connectivity index (χ4n) is 0.970. The quantitative estimate of drug-likeness (QED) is 0.559. The number of aromatic hydroxyl groups is 1. The second-order valence-electron chi connectivity index (χ2n) is 2.48. The molecule has 1 aromatic carbocycles. The van der Waals surface area contributed by atoms with E-state index in [1.807, 2.05) is 0 Å². The first-order chi connectivity index (χ1) is 6.60. The Labute approximate surface area is 78.9 Å². The Morgan fingerprint density at radius 1 is 1.50 bits per heavy atom. The monoisotopic (exact) mass is 198 g/mol. The molecule has 6 heteroatoms. The van der Waals surface area contributed by atoms with Crippen molar-refractivity contribution < 1.29 is 24.8 Å². The molecule has 0 heterocycles. The Hall–Kier alpha value is -2.11. The van der Waals surface area contributed by atoms with Crippen LogP contribution in [-0.2, 0) is 0 Å². The Morgan fingerprint density at radius 3 is 2.57 bits per heavy atom. The molecule has 14 heavy (non-hydrogen) atoms. The average Bonchev–Trinajstić information content (AvgIpc) is 2.17. The van der Waals surface area contributed by atoms with Gasteiger partial charge in [-0.15, -0.1) is 0 Å². The molecule has 0 aromatic heterocycles. The normalized spacial score (nSPS) is 9.50. The van der Waals surface area contributed by atoms with E-state index in [9.17, 15) is 14.8 Å². The van der Waals surface area contributed by atoms with Crippen molar-refractivity contribution in [3.8, 4) is 11.5 Å². The number of rotatable bonds is 3. The molecule has 0 bridgehead atoms. The molecule has 0 unspecified atom stereocenters. The maximum absolute atomic E-state index is 10.5. The minimum absolute atomic E-state index is 0.0560. The van der Waals surface area contributed by atoms with Gasteiger partial charge in [0.15, 0.2) is 17.8 Å². The number of carbonyl (C=O) groups is 1. The van der Waals surface area contributed by atoms with Gasteiger partial charge in [-0.1, -0.05) is 0 Å². The molecule has 0 radical (unpaired) electrons. The van der Waals surface area contributed by atoms with E-state index in [2.05, 4.69) is 0 Å². The zero-order valence-electron chi connectivity index (χ0n) is 7.30. The van der Waals surface area contributed by atoms with Gasteiger partial charge in [0.25, 0.3) is 4.92 Å². The summed E-state index contributed by atoms with van der Waals surface area (Å²) in [7, 11) is 1.26. The molecule has 0 amide bonds. The van der Waals surface area contributed by atoms with Crippen LogP contribution in [0.4, 0.5) is 5.69 Å². The van der Waals surface area contributed by atoms with Crippen LogP contribution in [0.1, 0.15) is 10.4 Å². The zero-order chi connectivity index (χ0) is 10.7. The van der Waals surface area contributed by atoms with E-state index >= 15 is 0 Å². The second kappa shape index (κ2) is 3.73. The summed E-state index contributed by atoms with van der Waals surface area (Å²) < 4.78 is 4.69. The van der Waals surface area contributed by atoms with Crippen molar-refractivity contribution in [3.05, 3.63) is 22.6 Å². The van der Waals surface area contributed by atoms with Gasteiger partial charge in [0.05, 0.1) is 23.6 Å². The highest BCUT2D eigenvalue weighted by Crippen LogP contribution is 2.33. The van der Waals surface area contributed by atoms with Crippen molar-refractivity contribution in [2.24, 2.45) is 0 Å². The molecule has 0 aliphatic rings. The molecule has 0 saturated heterocycles. The summed E-state index contributed by atoms with van der Waals surface area (Å²) >= 11 is 0. The van der Waals surface area contributed by atoms with Crippen LogP contribution < -0.4 is 4.74 Å². The van der Waals surface area contributed by atoms with Crippen LogP contribution in [0.15, 0.2) is 12.1 Å². The molecule has 1 rings (SSSR count). The zero-order valence-corrected chi connectivity index (χ0v) is 7.30. The van der Waals surface area contributed by atoms with Gasteiger partial charge in [-0.3, -0.25) is 4.79 Å². The number of benzene rings is 1. The number of phenolic OH excluding ortho intramolecular Hbond substituents is 1. The third kappa shape index (κ3) is 1.63. The van der Waals surface area contributed by atoms with Crippen molar-refractivity contribution in [1.29, 1.82) is 0 Å². The number of hydrogen-bond acceptors (Lipinski definition) is 4. The summed E-state index contributed by atoms with van der Waals surface area (Å²) in [4.78, 5) is 20.5. The topological polar surface area (TPSA) is 86.8 Å². The highest BCUT2D eigenvalue weighted by molar-refractivity contribution is 5.82. The van der Waals surface area contributed by atoms with E-state index in [1.54, 1.807) is 0 Å². The van der Waals surface area contributed by atoms with Gasteiger partial charge in [-0.2, -0.15) is 0 Å². The maximum Gasteiger partial charge on any atom is 0.321 e. The number of hydrogen-bond donors (Lipinski definition) is 2. The predicted molar refractivity (Wildman–Crippen MR) is 45.1 cm³/mol. The first kappa shape index (κ1) is 9.97. The molecule has 0 saturated carbocycles. The number of phenols is 1. The molecule has 0 spiro atoms. The van der Waals surface area contributed by atoms with Gasteiger partial charge < -0.3 is 9.84 Å². The summed E-state index contributed by atoms with van der Waals surface area (Å²) in [5.74, 6) is -0.424. The van der Waals surface area contributed by atoms with Crippen LogP contribution in [0.25, 0.3) is 0 Å². The Kier molecular flexibility index (Phi) is 2.66. The molecule has 1 aromatic rings. The van der Waals surface area contributed by atoms with Crippen molar-refractivity contribution in [1.82, 2.24) is 0 Å². The van der Waals surface area contributed by atoms with Crippen LogP contribution in [0.5, 0.6) is 11.5 Å². The highest BCUT2D eigenvalue weighted by Gasteiger charge is 2.19. The fraction of sp³-hybridized carbons (Fsp3) is 0.125. The van der Waals surface area contributed by atoms with Gasteiger partial charge in [0.1, 0.15) is 0 Å². The standard InChI is InChI=1S/C8H7NO5/c1-14-7-3-6(9(12)13)2-5(4-10)8(7)11/h2-4H,1H3,(H-,10,11,12,13)/p+1. The first-order valence-corrected chi connectivity index (χ1v) is 3.62.